The third kappa shape index (κ3) is 3.84. The van der Waals surface area contributed by atoms with Crippen molar-refractivity contribution in [3.63, 3.8) is 0 Å². The summed E-state index contributed by atoms with van der Waals surface area (Å²) in [5.74, 6) is -0.0759. The van der Waals surface area contributed by atoms with E-state index in [1.165, 1.54) is 0 Å². The highest BCUT2D eigenvalue weighted by atomic mass is 16.1. The molecule has 5 nitrogen and oxygen atoms in total. The molecule has 2 aromatic rings. The molecular formula is C16H22N4O. The van der Waals surface area contributed by atoms with Gasteiger partial charge in [-0.05, 0) is 45.0 Å². The monoisotopic (exact) mass is 286 g/mol. The maximum Gasteiger partial charge on any atom is 0.251 e. The minimum atomic E-state index is -0.0759. The van der Waals surface area contributed by atoms with Crippen molar-refractivity contribution in [3.8, 4) is 0 Å². The summed E-state index contributed by atoms with van der Waals surface area (Å²) < 4.78 is 1.96. The summed E-state index contributed by atoms with van der Waals surface area (Å²) in [6.45, 7) is 7.06. The maximum absolute atomic E-state index is 11.5. The van der Waals surface area contributed by atoms with E-state index < -0.39 is 0 Å². The number of aromatic nitrogens is 2. The fourth-order valence-electron chi connectivity index (χ4n) is 1.91. The molecule has 5 heteroatoms. The Labute approximate surface area is 125 Å². The smallest absolute Gasteiger partial charge is 0.251 e. The van der Waals surface area contributed by atoms with E-state index in [-0.39, 0.29) is 11.4 Å². The lowest BCUT2D eigenvalue weighted by Crippen LogP contribution is -2.21. The zero-order chi connectivity index (χ0) is 15.5. The number of carbonyl (C=O) groups excluding carboxylic acids is 1. The zero-order valence-corrected chi connectivity index (χ0v) is 13.0. The van der Waals surface area contributed by atoms with Crippen molar-refractivity contribution in [2.45, 2.75) is 32.9 Å². The molecule has 0 aliphatic heterocycles. The Morgan fingerprint density at radius 2 is 1.90 bits per heavy atom. The van der Waals surface area contributed by atoms with Crippen molar-refractivity contribution in [1.29, 1.82) is 0 Å². The van der Waals surface area contributed by atoms with Gasteiger partial charge in [0.2, 0.25) is 0 Å². The molecule has 1 heterocycles. The molecule has 0 fully saturated rings. The molecule has 0 saturated heterocycles. The quantitative estimate of drug-likeness (QED) is 0.908. The molecule has 2 N–H and O–H groups in total. The Bertz CT molecular complexity index is 608. The lowest BCUT2D eigenvalue weighted by Gasteiger charge is -2.18. The Morgan fingerprint density at radius 3 is 2.43 bits per heavy atom. The Balaban J connectivity index is 1.97. The van der Waals surface area contributed by atoms with E-state index in [0.29, 0.717) is 12.1 Å². The molecule has 1 aromatic carbocycles. The number of carbonyl (C=O) groups is 1. The summed E-state index contributed by atoms with van der Waals surface area (Å²) in [6, 6.07) is 7.41. The van der Waals surface area contributed by atoms with Crippen LogP contribution in [0.5, 0.6) is 0 Å². The van der Waals surface area contributed by atoms with Crippen molar-refractivity contribution in [1.82, 2.24) is 15.1 Å². The van der Waals surface area contributed by atoms with Crippen molar-refractivity contribution in [3.05, 3.63) is 47.8 Å². The molecule has 0 spiro atoms. The predicted octanol–water partition coefficient (Wildman–Crippen LogP) is 2.61. The molecular weight excluding hydrogens is 264 g/mol. The number of hydrogen-bond acceptors (Lipinski definition) is 3. The van der Waals surface area contributed by atoms with Crippen molar-refractivity contribution in [2.24, 2.45) is 0 Å². The number of nitrogens with one attached hydrogen (secondary N) is 2. The standard InChI is InChI=1S/C16H22N4O/c1-16(2,3)20-11-12(10-19-20)9-18-14-7-5-13(6-8-14)15(21)17-4/h5-8,10-11,18H,9H2,1-4H3,(H,17,21). The van der Waals surface area contributed by atoms with Crippen molar-refractivity contribution in [2.75, 3.05) is 12.4 Å². The van der Waals surface area contributed by atoms with Gasteiger partial charge >= 0.3 is 0 Å². The van der Waals surface area contributed by atoms with Crippen LogP contribution in [0.3, 0.4) is 0 Å². The number of anilines is 1. The molecule has 112 valence electrons. The highest BCUT2D eigenvalue weighted by Gasteiger charge is 2.13. The first kappa shape index (κ1) is 15.1. The largest absolute Gasteiger partial charge is 0.381 e. The Hall–Kier alpha value is -2.30. The third-order valence-corrected chi connectivity index (χ3v) is 3.19. The molecule has 21 heavy (non-hydrogen) atoms. The normalized spacial score (nSPS) is 11.2. The van der Waals surface area contributed by atoms with Gasteiger partial charge in [0.05, 0.1) is 11.7 Å². The summed E-state index contributed by atoms with van der Waals surface area (Å²) >= 11 is 0. The summed E-state index contributed by atoms with van der Waals surface area (Å²) in [7, 11) is 1.63. The summed E-state index contributed by atoms with van der Waals surface area (Å²) in [5, 5.41) is 10.3. The SMILES string of the molecule is CNC(=O)c1ccc(NCc2cnn(C(C)(C)C)c2)cc1. The molecule has 0 aliphatic rings. The summed E-state index contributed by atoms with van der Waals surface area (Å²) in [4.78, 5) is 11.5. The molecule has 0 aliphatic carbocycles. The van der Waals surface area contributed by atoms with E-state index >= 15 is 0 Å². The summed E-state index contributed by atoms with van der Waals surface area (Å²) in [5.41, 5.74) is 2.75. The fourth-order valence-corrected chi connectivity index (χ4v) is 1.91. The molecule has 0 atom stereocenters. The fraction of sp³-hybridized carbons (Fsp3) is 0.375. The first-order valence-corrected chi connectivity index (χ1v) is 7.00. The number of rotatable bonds is 4. The van der Waals surface area contributed by atoms with Gasteiger partial charge in [-0.2, -0.15) is 5.10 Å². The first-order chi connectivity index (χ1) is 9.90. The van der Waals surface area contributed by atoms with Gasteiger partial charge in [0, 0.05) is 36.6 Å². The van der Waals surface area contributed by atoms with E-state index in [1.807, 2.05) is 29.2 Å². The van der Waals surface area contributed by atoms with E-state index in [2.05, 4.69) is 36.5 Å². The second-order valence-electron chi connectivity index (χ2n) is 5.97. The lowest BCUT2D eigenvalue weighted by atomic mass is 10.1. The van der Waals surface area contributed by atoms with Crippen LogP contribution < -0.4 is 10.6 Å². The third-order valence-electron chi connectivity index (χ3n) is 3.19. The van der Waals surface area contributed by atoms with Gasteiger partial charge in [-0.1, -0.05) is 0 Å². The second kappa shape index (κ2) is 5.99. The van der Waals surface area contributed by atoms with Gasteiger partial charge in [-0.3, -0.25) is 9.48 Å². The van der Waals surface area contributed by atoms with Crippen molar-refractivity contribution >= 4 is 11.6 Å². The van der Waals surface area contributed by atoms with Gasteiger partial charge in [-0.15, -0.1) is 0 Å². The maximum atomic E-state index is 11.5. The Morgan fingerprint density at radius 1 is 1.24 bits per heavy atom. The summed E-state index contributed by atoms with van der Waals surface area (Å²) in [6.07, 6.45) is 3.92. The number of nitrogens with zero attached hydrogens (tertiary/aromatic N) is 2. The Kier molecular flexibility index (Phi) is 4.31. The van der Waals surface area contributed by atoms with Crippen LogP contribution >= 0.6 is 0 Å². The highest BCUT2D eigenvalue weighted by molar-refractivity contribution is 5.94. The molecule has 1 amide bonds. The minimum absolute atomic E-state index is 0.00654. The average Bonchev–Trinajstić information content (AvgIpc) is 2.94. The van der Waals surface area contributed by atoms with Crippen LogP contribution in [0, 0.1) is 0 Å². The molecule has 0 radical (unpaired) electrons. The lowest BCUT2D eigenvalue weighted by molar-refractivity contribution is 0.0963. The van der Waals surface area contributed by atoms with Gasteiger partial charge in [-0.25, -0.2) is 0 Å². The van der Waals surface area contributed by atoms with Gasteiger partial charge in [0.25, 0.3) is 5.91 Å². The van der Waals surface area contributed by atoms with Crippen LogP contribution in [-0.4, -0.2) is 22.7 Å². The number of amides is 1. The topological polar surface area (TPSA) is 59.0 Å². The van der Waals surface area contributed by atoms with Crippen molar-refractivity contribution < 1.29 is 4.79 Å². The van der Waals surface area contributed by atoms with E-state index in [9.17, 15) is 4.79 Å². The van der Waals surface area contributed by atoms with Crippen LogP contribution in [-0.2, 0) is 12.1 Å². The molecule has 2 rings (SSSR count). The van der Waals surface area contributed by atoms with Crippen LogP contribution in [0.15, 0.2) is 36.7 Å². The van der Waals surface area contributed by atoms with E-state index in [0.717, 1.165) is 11.3 Å². The van der Waals surface area contributed by atoms with Gasteiger partial charge in [0.1, 0.15) is 0 Å². The zero-order valence-electron chi connectivity index (χ0n) is 13.0. The second-order valence-corrected chi connectivity index (χ2v) is 5.97. The van der Waals surface area contributed by atoms with Crippen LogP contribution in [0.1, 0.15) is 36.7 Å². The van der Waals surface area contributed by atoms with Crippen LogP contribution in [0.4, 0.5) is 5.69 Å². The molecule has 0 unspecified atom stereocenters. The van der Waals surface area contributed by atoms with E-state index in [4.69, 9.17) is 0 Å². The minimum Gasteiger partial charge on any atom is -0.381 e. The average molecular weight is 286 g/mol. The molecule has 1 aromatic heterocycles. The molecule has 0 bridgehead atoms. The first-order valence-electron chi connectivity index (χ1n) is 7.00. The number of hydrogen-bond donors (Lipinski definition) is 2. The van der Waals surface area contributed by atoms with Crippen LogP contribution in [0.25, 0.3) is 0 Å². The van der Waals surface area contributed by atoms with Gasteiger partial charge < -0.3 is 10.6 Å². The molecule has 0 saturated carbocycles. The number of benzene rings is 1. The van der Waals surface area contributed by atoms with E-state index in [1.54, 1.807) is 19.2 Å². The van der Waals surface area contributed by atoms with Crippen LogP contribution in [0.2, 0.25) is 0 Å². The van der Waals surface area contributed by atoms with Gasteiger partial charge in [0.15, 0.2) is 0 Å². The highest BCUT2D eigenvalue weighted by Crippen LogP contribution is 2.15. The predicted molar refractivity (Wildman–Crippen MR) is 84.4 cm³/mol.